The van der Waals surface area contributed by atoms with Gasteiger partial charge in [-0.05, 0) is 26.2 Å². The number of rotatable bonds is 13. The highest BCUT2D eigenvalue weighted by atomic mass is 16.5. The lowest BCUT2D eigenvalue weighted by atomic mass is 9.98. The van der Waals surface area contributed by atoms with Gasteiger partial charge in [0, 0.05) is 20.3 Å². The van der Waals surface area contributed by atoms with Gasteiger partial charge in [-0.3, -0.25) is 14.4 Å². The minimum Gasteiger partial charge on any atom is -0.469 e. The third kappa shape index (κ3) is 16.2. The molecule has 0 aromatic carbocycles. The quantitative estimate of drug-likeness (QED) is 0.221. The van der Waals surface area contributed by atoms with Crippen LogP contribution in [0.4, 0.5) is 0 Å². The fourth-order valence-electron chi connectivity index (χ4n) is 2.64. The normalized spacial score (nSPS) is 12.6. The number of amides is 2. The fraction of sp³-hybridized carbons (Fsp3) is 0.565. The van der Waals surface area contributed by atoms with E-state index in [-0.39, 0.29) is 30.4 Å². The Labute approximate surface area is 200 Å². The topological polar surface area (TPSA) is 154 Å². The van der Waals surface area contributed by atoms with Gasteiger partial charge in [-0.25, -0.2) is 9.59 Å². The van der Waals surface area contributed by atoms with Crippen molar-refractivity contribution >= 4 is 35.5 Å². The van der Waals surface area contributed by atoms with Gasteiger partial charge in [0.05, 0.1) is 27.2 Å². The average molecular weight is 485 g/mol. The van der Waals surface area contributed by atoms with Crippen LogP contribution in [-0.4, -0.2) is 68.9 Å². The summed E-state index contributed by atoms with van der Waals surface area (Å²) in [4.78, 5) is 66.7. The zero-order valence-corrected chi connectivity index (χ0v) is 20.7. The molecule has 11 heteroatoms. The van der Waals surface area contributed by atoms with Crippen molar-refractivity contribution in [3.05, 3.63) is 24.8 Å². The second-order valence-electron chi connectivity index (χ2n) is 7.15. The minimum absolute atomic E-state index is 0.100. The molecule has 3 atom stereocenters. The second kappa shape index (κ2) is 19.0. The van der Waals surface area contributed by atoms with Crippen molar-refractivity contribution in [2.45, 2.75) is 58.5 Å². The summed E-state index contributed by atoms with van der Waals surface area (Å²) in [7, 11) is 3.78. The summed E-state index contributed by atoms with van der Waals surface area (Å²) in [5, 5.41) is 4.92. The van der Waals surface area contributed by atoms with Crippen LogP contribution >= 0.6 is 0 Å². The monoisotopic (exact) mass is 484 g/mol. The lowest BCUT2D eigenvalue weighted by molar-refractivity contribution is -0.147. The molecule has 0 aliphatic rings. The maximum Gasteiger partial charge on any atom is 0.328 e. The summed E-state index contributed by atoms with van der Waals surface area (Å²) >= 11 is 0. The van der Waals surface area contributed by atoms with Gasteiger partial charge in [0.15, 0.2) is 0 Å². The highest BCUT2D eigenvalue weighted by Crippen LogP contribution is 2.13. The van der Waals surface area contributed by atoms with E-state index in [2.05, 4.69) is 31.4 Å². The summed E-state index contributed by atoms with van der Waals surface area (Å²) in [5.74, 6) is -2.70. The van der Waals surface area contributed by atoms with E-state index in [1.54, 1.807) is 18.2 Å². The molecule has 0 aliphatic carbocycles. The molecule has 0 rings (SSSR count). The molecule has 0 spiro atoms. The van der Waals surface area contributed by atoms with E-state index in [4.69, 9.17) is 0 Å². The van der Waals surface area contributed by atoms with Crippen LogP contribution in [0.15, 0.2) is 24.8 Å². The number of allylic oxidation sites excluding steroid dienone is 1. The molecule has 2 amide bonds. The standard InChI is InChI=1S/C15H23NO6.C8H13NO3/c1-10(17)9-12(14(19)21-3)7-5-6-8-13(15(20)22-4)16-11(2)18;1-4-5-7(8(11)12-3)9-6(2)10/h5-6,12-13H,7-9H2,1-4H3,(H,16,18);4,7H,1,5H2,2-3H3,(H,9,10)/t12-,13+;7-/m10/s1. The number of hydrogen-bond donors (Lipinski definition) is 2. The summed E-state index contributed by atoms with van der Waals surface area (Å²) in [5.41, 5.74) is 0. The van der Waals surface area contributed by atoms with Gasteiger partial charge in [0.1, 0.15) is 17.9 Å². The third-order valence-electron chi connectivity index (χ3n) is 4.16. The Kier molecular flexibility index (Phi) is 18.3. The van der Waals surface area contributed by atoms with Crippen LogP contribution in [0.25, 0.3) is 0 Å². The molecule has 0 aliphatic heterocycles. The minimum atomic E-state index is -0.775. The van der Waals surface area contributed by atoms with E-state index in [9.17, 15) is 28.8 Å². The molecule has 34 heavy (non-hydrogen) atoms. The number of carbonyl (C=O) groups is 6. The summed E-state index contributed by atoms with van der Waals surface area (Å²) in [6, 6.07) is -1.38. The Morgan fingerprint density at radius 1 is 0.706 bits per heavy atom. The van der Waals surface area contributed by atoms with Crippen molar-refractivity contribution in [3.63, 3.8) is 0 Å². The highest BCUT2D eigenvalue weighted by Gasteiger charge is 2.21. The molecule has 0 heterocycles. The van der Waals surface area contributed by atoms with Crippen molar-refractivity contribution in [1.29, 1.82) is 0 Å². The largest absolute Gasteiger partial charge is 0.469 e. The number of nitrogens with one attached hydrogen (secondary N) is 2. The van der Waals surface area contributed by atoms with Crippen molar-refractivity contribution in [2.24, 2.45) is 5.92 Å². The molecular formula is C23H36N2O9. The first-order valence-corrected chi connectivity index (χ1v) is 10.5. The zero-order chi connectivity index (χ0) is 26.7. The van der Waals surface area contributed by atoms with Gasteiger partial charge in [0.25, 0.3) is 0 Å². The van der Waals surface area contributed by atoms with Gasteiger partial charge in [-0.15, -0.1) is 6.58 Å². The van der Waals surface area contributed by atoms with E-state index in [1.807, 2.05) is 0 Å². The summed E-state index contributed by atoms with van der Waals surface area (Å²) < 4.78 is 13.7. The molecule has 0 aromatic heterocycles. The third-order valence-corrected chi connectivity index (χ3v) is 4.16. The number of esters is 3. The molecule has 0 saturated heterocycles. The molecule has 0 unspecified atom stereocenters. The molecule has 2 N–H and O–H groups in total. The fourth-order valence-corrected chi connectivity index (χ4v) is 2.64. The van der Waals surface area contributed by atoms with Crippen LogP contribution in [0.2, 0.25) is 0 Å². The van der Waals surface area contributed by atoms with E-state index in [1.165, 1.54) is 42.1 Å². The maximum absolute atomic E-state index is 11.5. The van der Waals surface area contributed by atoms with Crippen LogP contribution < -0.4 is 10.6 Å². The van der Waals surface area contributed by atoms with Crippen molar-refractivity contribution in [3.8, 4) is 0 Å². The Hall–Kier alpha value is -3.50. The van der Waals surface area contributed by atoms with Crippen LogP contribution in [0.5, 0.6) is 0 Å². The number of hydrogen-bond acceptors (Lipinski definition) is 9. The summed E-state index contributed by atoms with van der Waals surface area (Å²) in [6.45, 7) is 7.52. The van der Waals surface area contributed by atoms with Crippen molar-refractivity contribution < 1.29 is 43.0 Å². The molecule has 0 bridgehead atoms. The predicted octanol–water partition coefficient (Wildman–Crippen LogP) is 1.01. The first-order chi connectivity index (χ1) is 15.9. The smallest absolute Gasteiger partial charge is 0.328 e. The molecular weight excluding hydrogens is 448 g/mol. The molecule has 11 nitrogen and oxygen atoms in total. The van der Waals surface area contributed by atoms with E-state index in [0.29, 0.717) is 12.8 Å². The number of ketones is 1. The van der Waals surface area contributed by atoms with Crippen LogP contribution in [-0.2, 0) is 43.0 Å². The van der Waals surface area contributed by atoms with E-state index in [0.717, 1.165) is 0 Å². The first-order valence-electron chi connectivity index (χ1n) is 10.5. The van der Waals surface area contributed by atoms with Gasteiger partial charge in [-0.1, -0.05) is 18.2 Å². The lowest BCUT2D eigenvalue weighted by Crippen LogP contribution is -2.39. The van der Waals surface area contributed by atoms with Crippen molar-refractivity contribution in [2.75, 3.05) is 21.3 Å². The molecule has 0 aromatic rings. The van der Waals surface area contributed by atoms with Crippen LogP contribution in [0.3, 0.4) is 0 Å². The predicted molar refractivity (Wildman–Crippen MR) is 123 cm³/mol. The van der Waals surface area contributed by atoms with Gasteiger partial charge in [0.2, 0.25) is 11.8 Å². The second-order valence-corrected chi connectivity index (χ2v) is 7.15. The van der Waals surface area contributed by atoms with Gasteiger partial charge < -0.3 is 29.6 Å². The number of Topliss-reactive ketones (excluding diaryl/α,β-unsaturated/α-hetero) is 1. The van der Waals surface area contributed by atoms with E-state index < -0.39 is 35.9 Å². The Morgan fingerprint density at radius 3 is 1.47 bits per heavy atom. The van der Waals surface area contributed by atoms with Crippen LogP contribution in [0.1, 0.15) is 46.5 Å². The Balaban J connectivity index is 0. The van der Waals surface area contributed by atoms with Gasteiger partial charge in [-0.2, -0.15) is 0 Å². The number of carbonyl (C=O) groups excluding carboxylic acids is 6. The first kappa shape index (κ1) is 32.7. The zero-order valence-electron chi connectivity index (χ0n) is 20.7. The van der Waals surface area contributed by atoms with Crippen molar-refractivity contribution in [1.82, 2.24) is 10.6 Å². The highest BCUT2D eigenvalue weighted by molar-refractivity contribution is 5.84. The lowest BCUT2D eigenvalue weighted by Gasteiger charge is -2.13. The molecule has 0 radical (unpaired) electrons. The summed E-state index contributed by atoms with van der Waals surface area (Å²) in [6.07, 6.45) is 5.93. The molecule has 0 fully saturated rings. The SMILES string of the molecule is C=CC[C@H](NC(C)=O)C(=O)OC.COC(=O)[C@H](CC=CC[C@H](NC(C)=O)C(=O)OC)CC(C)=O. The Morgan fingerprint density at radius 2 is 1.12 bits per heavy atom. The average Bonchev–Trinajstić information content (AvgIpc) is 2.77. The molecule has 0 saturated carbocycles. The van der Waals surface area contributed by atoms with E-state index >= 15 is 0 Å². The Bertz CT molecular complexity index is 707. The van der Waals surface area contributed by atoms with Crippen LogP contribution in [0, 0.1) is 5.92 Å². The van der Waals surface area contributed by atoms with Gasteiger partial charge >= 0.3 is 17.9 Å². The number of ether oxygens (including phenoxy) is 3. The molecule has 192 valence electrons. The number of methoxy groups -OCH3 is 3. The maximum atomic E-state index is 11.5.